The first-order valence-electron chi connectivity index (χ1n) is 3.46. The van der Waals surface area contributed by atoms with Crippen LogP contribution in [0.5, 0.6) is 0 Å². The van der Waals surface area contributed by atoms with Gasteiger partial charge in [0.05, 0.1) is 10.6 Å². The highest BCUT2D eigenvalue weighted by Gasteiger charge is 2.19. The van der Waals surface area contributed by atoms with Crippen LogP contribution in [-0.4, -0.2) is 9.96 Å². The molecule has 0 aromatic heterocycles. The molecule has 0 spiro atoms. The van der Waals surface area contributed by atoms with E-state index in [2.05, 4.69) is 0 Å². The van der Waals surface area contributed by atoms with Crippen LogP contribution in [0.15, 0.2) is 18.2 Å². The maximum Gasteiger partial charge on any atom is 0.300 e. The minimum Gasteiger partial charge on any atom is -0.397 e. The Morgan fingerprint density at radius 1 is 1.29 bits per heavy atom. The number of hydrogen-bond donors (Lipinski definition) is 2. The molecule has 3 N–H and O–H groups in total. The van der Waals surface area contributed by atoms with E-state index in [0.717, 1.165) is 6.07 Å². The second kappa shape index (κ2) is 3.56. The average molecular weight is 198 g/mol. The molecular weight excluding hydrogens is 192 g/mol. The van der Waals surface area contributed by atoms with Gasteiger partial charge in [0, 0.05) is 6.07 Å². The van der Waals surface area contributed by atoms with Gasteiger partial charge in [-0.3, -0.25) is 10.1 Å². The van der Waals surface area contributed by atoms with Crippen LogP contribution >= 0.6 is 0 Å². The molecule has 8 nitrogen and oxygen atoms in total. The number of nitro benzene ring substituents is 1. The van der Waals surface area contributed by atoms with E-state index >= 15 is 0 Å². The van der Waals surface area contributed by atoms with Crippen molar-refractivity contribution in [1.82, 2.24) is 0 Å². The van der Waals surface area contributed by atoms with Crippen LogP contribution in [0.1, 0.15) is 0 Å². The van der Waals surface area contributed by atoms with Crippen LogP contribution in [0.3, 0.4) is 0 Å². The monoisotopic (exact) mass is 198 g/mol. The summed E-state index contributed by atoms with van der Waals surface area (Å²) < 4.78 is 0. The van der Waals surface area contributed by atoms with Crippen molar-refractivity contribution in [3.63, 3.8) is 0 Å². The summed E-state index contributed by atoms with van der Waals surface area (Å²) in [6.07, 6.45) is 0. The van der Waals surface area contributed by atoms with Crippen LogP contribution in [0, 0.1) is 20.2 Å². The summed E-state index contributed by atoms with van der Waals surface area (Å²) in [5.41, 5.74) is 6.24. The van der Waals surface area contributed by atoms with Crippen LogP contribution in [0.2, 0.25) is 0 Å². The summed E-state index contributed by atoms with van der Waals surface area (Å²) >= 11 is 0. The van der Waals surface area contributed by atoms with Gasteiger partial charge < -0.3 is 5.73 Å². The van der Waals surface area contributed by atoms with E-state index < -0.39 is 15.6 Å². The largest absolute Gasteiger partial charge is 0.397 e. The number of hydrazine groups is 1. The zero-order chi connectivity index (χ0) is 10.7. The molecule has 0 aliphatic carbocycles. The molecule has 74 valence electrons. The fraction of sp³-hybridized carbons (Fsp3) is 0. The molecule has 0 heterocycles. The van der Waals surface area contributed by atoms with Crippen molar-refractivity contribution in [2.45, 2.75) is 0 Å². The summed E-state index contributed by atoms with van der Waals surface area (Å²) in [6.45, 7) is 0. The van der Waals surface area contributed by atoms with Gasteiger partial charge in [0.15, 0.2) is 5.03 Å². The third-order valence-electron chi connectivity index (χ3n) is 1.47. The van der Waals surface area contributed by atoms with E-state index in [1.807, 2.05) is 0 Å². The van der Waals surface area contributed by atoms with Gasteiger partial charge in [-0.05, 0) is 6.07 Å². The van der Waals surface area contributed by atoms with E-state index in [-0.39, 0.29) is 11.4 Å². The molecule has 14 heavy (non-hydrogen) atoms. The van der Waals surface area contributed by atoms with Crippen molar-refractivity contribution in [3.05, 3.63) is 38.4 Å². The first-order chi connectivity index (χ1) is 6.52. The lowest BCUT2D eigenvalue weighted by molar-refractivity contribution is -0.447. The fourth-order valence-corrected chi connectivity index (χ4v) is 0.923. The topological polar surface area (TPSA) is 124 Å². The molecule has 0 atom stereocenters. The predicted molar refractivity (Wildman–Crippen MR) is 48.1 cm³/mol. The highest BCUT2D eigenvalue weighted by atomic mass is 16.7. The molecule has 0 bridgehead atoms. The van der Waals surface area contributed by atoms with Gasteiger partial charge in [0.2, 0.25) is 5.69 Å². The number of nitrogens with two attached hydrogens (primary N) is 1. The minimum atomic E-state index is -0.904. The highest BCUT2D eigenvalue weighted by Crippen LogP contribution is 2.29. The number of nitrogens with zero attached hydrogens (tertiary/aromatic N) is 2. The second-order valence-electron chi connectivity index (χ2n) is 2.37. The number of rotatable bonds is 3. The minimum absolute atomic E-state index is 0.0455. The molecule has 1 aromatic rings. The van der Waals surface area contributed by atoms with Crippen LogP contribution in [0.25, 0.3) is 0 Å². The second-order valence-corrected chi connectivity index (χ2v) is 2.37. The first kappa shape index (κ1) is 9.71. The molecule has 1 rings (SSSR count). The quantitative estimate of drug-likeness (QED) is 0.420. The zero-order valence-corrected chi connectivity index (χ0v) is 6.84. The van der Waals surface area contributed by atoms with Crippen molar-refractivity contribution in [2.24, 2.45) is 0 Å². The van der Waals surface area contributed by atoms with E-state index in [4.69, 9.17) is 5.73 Å². The molecule has 0 saturated carbocycles. The summed E-state index contributed by atoms with van der Waals surface area (Å²) in [5, 5.41) is 19.7. The Labute approximate surface area is 77.6 Å². The summed E-state index contributed by atoms with van der Waals surface area (Å²) in [4.78, 5) is 19.8. The number of nitrogen functional groups attached to an aromatic ring is 1. The molecule has 0 unspecified atom stereocenters. The van der Waals surface area contributed by atoms with Crippen molar-refractivity contribution >= 4 is 17.1 Å². The number of anilines is 2. The van der Waals surface area contributed by atoms with Gasteiger partial charge in [-0.25, -0.2) is 10.1 Å². The Kier molecular flexibility index (Phi) is 2.47. The Morgan fingerprint density at radius 3 is 2.43 bits per heavy atom. The zero-order valence-electron chi connectivity index (χ0n) is 6.84. The predicted octanol–water partition coefficient (Wildman–Crippen LogP) is 0.781. The smallest absolute Gasteiger partial charge is 0.300 e. The SMILES string of the molecule is Nc1cccc([N+](=O)[O-])c1N[N+](=O)[O-]. The molecule has 0 fully saturated rings. The van der Waals surface area contributed by atoms with Gasteiger partial charge in [0.1, 0.15) is 0 Å². The molecule has 0 radical (unpaired) electrons. The van der Waals surface area contributed by atoms with E-state index in [0.29, 0.717) is 0 Å². The number of nitrogens with one attached hydrogen (secondary N) is 1. The van der Waals surface area contributed by atoms with Gasteiger partial charge in [-0.1, -0.05) is 11.5 Å². The Hall–Kier alpha value is -2.38. The van der Waals surface area contributed by atoms with Crippen molar-refractivity contribution in [1.29, 1.82) is 0 Å². The Bertz CT molecular complexity index is 391. The molecular formula is C6H6N4O4. The number of para-hydroxylation sites is 1. The van der Waals surface area contributed by atoms with Crippen LogP contribution in [-0.2, 0) is 0 Å². The molecule has 0 aliphatic rings. The molecule has 0 saturated heterocycles. The standard InChI is InChI=1S/C6H6N4O4/c7-4-2-1-3-5(9(11)12)6(4)8-10(13)14/h1-3,8H,7H2. The summed E-state index contributed by atoms with van der Waals surface area (Å²) in [7, 11) is 0. The normalized spacial score (nSPS) is 9.43. The number of hydrogen-bond acceptors (Lipinski definition) is 5. The molecule has 1 aromatic carbocycles. The van der Waals surface area contributed by atoms with E-state index in [1.54, 1.807) is 5.43 Å². The summed E-state index contributed by atoms with van der Waals surface area (Å²) in [5.74, 6) is 0. The third kappa shape index (κ3) is 1.86. The maximum absolute atomic E-state index is 10.4. The lowest BCUT2D eigenvalue weighted by Gasteiger charge is -2.01. The lowest BCUT2D eigenvalue weighted by Crippen LogP contribution is -2.11. The Morgan fingerprint density at radius 2 is 1.93 bits per heavy atom. The van der Waals surface area contributed by atoms with E-state index in [9.17, 15) is 20.2 Å². The average Bonchev–Trinajstić information content (AvgIpc) is 2.07. The number of benzene rings is 1. The highest BCUT2D eigenvalue weighted by molar-refractivity contribution is 5.75. The van der Waals surface area contributed by atoms with E-state index in [1.165, 1.54) is 12.1 Å². The fourth-order valence-electron chi connectivity index (χ4n) is 0.923. The molecule has 8 heteroatoms. The third-order valence-corrected chi connectivity index (χ3v) is 1.47. The summed E-state index contributed by atoms with van der Waals surface area (Å²) in [6, 6.07) is 3.81. The maximum atomic E-state index is 10.4. The van der Waals surface area contributed by atoms with Gasteiger partial charge in [-0.15, -0.1) is 0 Å². The Balaban J connectivity index is 3.22. The van der Waals surface area contributed by atoms with Gasteiger partial charge >= 0.3 is 5.69 Å². The first-order valence-corrected chi connectivity index (χ1v) is 3.46. The lowest BCUT2D eigenvalue weighted by atomic mass is 10.2. The molecule has 0 aliphatic heterocycles. The van der Waals surface area contributed by atoms with Crippen LogP contribution < -0.4 is 11.2 Å². The van der Waals surface area contributed by atoms with Gasteiger partial charge in [-0.2, -0.15) is 0 Å². The van der Waals surface area contributed by atoms with Crippen molar-refractivity contribution in [3.8, 4) is 0 Å². The van der Waals surface area contributed by atoms with Crippen molar-refractivity contribution < 1.29 is 9.96 Å². The number of nitro groups is 2. The van der Waals surface area contributed by atoms with Crippen molar-refractivity contribution in [2.75, 3.05) is 11.2 Å². The van der Waals surface area contributed by atoms with Gasteiger partial charge in [0.25, 0.3) is 0 Å². The van der Waals surface area contributed by atoms with Crippen LogP contribution in [0.4, 0.5) is 17.1 Å². The molecule has 0 amide bonds.